The zero-order valence-electron chi connectivity index (χ0n) is 12.6. The largest absolute Gasteiger partial charge is 0.324 e. The standard InChI is InChI=1S/C17H16ClN3OS/c1-2-11-9-13(16(22)12-5-3-4-6-14(12)18)17(23-11)21-8-7-20-15(21)10-19/h3-9H,2,10,19H2,1H3. The van der Waals surface area contributed by atoms with Gasteiger partial charge in [0.2, 0.25) is 0 Å². The highest BCUT2D eigenvalue weighted by Crippen LogP contribution is 2.31. The minimum Gasteiger partial charge on any atom is -0.324 e. The van der Waals surface area contributed by atoms with Crippen LogP contribution < -0.4 is 5.73 Å². The number of imidazole rings is 1. The number of aromatic nitrogens is 2. The van der Waals surface area contributed by atoms with Crippen molar-refractivity contribution in [1.29, 1.82) is 0 Å². The first kappa shape index (κ1) is 15.9. The summed E-state index contributed by atoms with van der Waals surface area (Å²) in [4.78, 5) is 18.3. The number of ketones is 1. The summed E-state index contributed by atoms with van der Waals surface area (Å²) in [5.41, 5.74) is 6.89. The van der Waals surface area contributed by atoms with Crippen LogP contribution in [0.3, 0.4) is 0 Å². The van der Waals surface area contributed by atoms with Gasteiger partial charge in [-0.05, 0) is 24.6 Å². The first-order chi connectivity index (χ1) is 11.2. The van der Waals surface area contributed by atoms with Crippen molar-refractivity contribution in [1.82, 2.24) is 9.55 Å². The second kappa shape index (κ2) is 6.66. The van der Waals surface area contributed by atoms with E-state index in [9.17, 15) is 4.79 Å². The van der Waals surface area contributed by atoms with E-state index in [0.29, 0.717) is 22.7 Å². The molecule has 2 aromatic heterocycles. The number of carbonyl (C=O) groups is 1. The molecule has 0 aliphatic heterocycles. The third-order valence-electron chi connectivity index (χ3n) is 3.59. The molecule has 0 saturated carbocycles. The Morgan fingerprint density at radius 2 is 2.13 bits per heavy atom. The molecule has 0 amide bonds. The Kier molecular flexibility index (Phi) is 4.61. The summed E-state index contributed by atoms with van der Waals surface area (Å²) >= 11 is 7.77. The summed E-state index contributed by atoms with van der Waals surface area (Å²) in [6.45, 7) is 2.38. The highest BCUT2D eigenvalue weighted by Gasteiger charge is 2.21. The summed E-state index contributed by atoms with van der Waals surface area (Å²) in [5, 5.41) is 1.29. The quantitative estimate of drug-likeness (QED) is 0.715. The number of carbonyl (C=O) groups excluding carboxylic acids is 1. The van der Waals surface area contributed by atoms with E-state index in [4.69, 9.17) is 17.3 Å². The lowest BCUT2D eigenvalue weighted by molar-refractivity contribution is 0.103. The maximum absolute atomic E-state index is 13.0. The van der Waals surface area contributed by atoms with Crippen LogP contribution in [0.5, 0.6) is 0 Å². The Balaban J connectivity index is 2.14. The van der Waals surface area contributed by atoms with Crippen LogP contribution in [-0.2, 0) is 13.0 Å². The Morgan fingerprint density at radius 1 is 1.35 bits per heavy atom. The van der Waals surface area contributed by atoms with E-state index in [2.05, 4.69) is 11.9 Å². The zero-order chi connectivity index (χ0) is 16.4. The van der Waals surface area contributed by atoms with Crippen molar-refractivity contribution in [3.63, 3.8) is 0 Å². The van der Waals surface area contributed by atoms with E-state index >= 15 is 0 Å². The molecule has 0 unspecified atom stereocenters. The second-order valence-corrected chi connectivity index (χ2v) is 6.53. The average molecular weight is 346 g/mol. The van der Waals surface area contributed by atoms with Gasteiger partial charge in [0.15, 0.2) is 5.78 Å². The summed E-state index contributed by atoms with van der Waals surface area (Å²) in [6.07, 6.45) is 4.38. The van der Waals surface area contributed by atoms with Crippen molar-refractivity contribution >= 4 is 28.7 Å². The number of rotatable bonds is 5. The molecule has 0 saturated heterocycles. The monoisotopic (exact) mass is 345 g/mol. The van der Waals surface area contributed by atoms with E-state index in [1.807, 2.05) is 29.0 Å². The van der Waals surface area contributed by atoms with Crippen molar-refractivity contribution in [2.45, 2.75) is 19.9 Å². The average Bonchev–Trinajstić information content (AvgIpc) is 3.20. The van der Waals surface area contributed by atoms with Gasteiger partial charge in [-0.1, -0.05) is 30.7 Å². The molecule has 0 radical (unpaired) electrons. The van der Waals surface area contributed by atoms with E-state index in [0.717, 1.165) is 22.1 Å². The summed E-state index contributed by atoms with van der Waals surface area (Å²) < 4.78 is 1.88. The topological polar surface area (TPSA) is 60.9 Å². The van der Waals surface area contributed by atoms with Gasteiger partial charge < -0.3 is 5.73 Å². The molecule has 4 nitrogen and oxygen atoms in total. The normalized spacial score (nSPS) is 10.9. The Hall–Kier alpha value is -1.95. The van der Waals surface area contributed by atoms with Crippen LogP contribution >= 0.6 is 22.9 Å². The molecule has 6 heteroatoms. The molecule has 2 N–H and O–H groups in total. The minimum atomic E-state index is -0.0850. The lowest BCUT2D eigenvalue weighted by Crippen LogP contribution is -2.09. The van der Waals surface area contributed by atoms with Crippen molar-refractivity contribution in [3.05, 3.63) is 69.6 Å². The third kappa shape index (κ3) is 2.95. The molecule has 0 atom stereocenters. The third-order valence-corrected chi connectivity index (χ3v) is 5.20. The van der Waals surface area contributed by atoms with Crippen molar-refractivity contribution in [2.75, 3.05) is 0 Å². The van der Waals surface area contributed by atoms with Gasteiger partial charge in [-0.15, -0.1) is 11.3 Å². The minimum absolute atomic E-state index is 0.0850. The van der Waals surface area contributed by atoms with Crippen LogP contribution in [0.15, 0.2) is 42.7 Å². The molecule has 0 aliphatic carbocycles. The van der Waals surface area contributed by atoms with E-state index in [1.54, 1.807) is 29.7 Å². The van der Waals surface area contributed by atoms with Crippen LogP contribution in [0.2, 0.25) is 5.02 Å². The maximum Gasteiger partial charge on any atom is 0.197 e. The number of benzene rings is 1. The van der Waals surface area contributed by atoms with Crippen LogP contribution in [-0.4, -0.2) is 15.3 Å². The molecule has 2 heterocycles. The number of halogens is 1. The van der Waals surface area contributed by atoms with Crippen molar-refractivity contribution < 1.29 is 4.79 Å². The van der Waals surface area contributed by atoms with Gasteiger partial charge in [-0.3, -0.25) is 9.36 Å². The lowest BCUT2D eigenvalue weighted by atomic mass is 10.0. The van der Waals surface area contributed by atoms with Crippen LogP contribution in [0.1, 0.15) is 33.5 Å². The van der Waals surface area contributed by atoms with E-state index < -0.39 is 0 Å². The molecule has 118 valence electrons. The van der Waals surface area contributed by atoms with Gasteiger partial charge >= 0.3 is 0 Å². The Labute approximate surface area is 143 Å². The zero-order valence-corrected chi connectivity index (χ0v) is 14.2. The maximum atomic E-state index is 13.0. The molecule has 3 rings (SSSR count). The van der Waals surface area contributed by atoms with Gasteiger partial charge in [0, 0.05) is 22.8 Å². The number of nitrogens with two attached hydrogens (primary N) is 1. The number of hydrogen-bond acceptors (Lipinski definition) is 4. The van der Waals surface area contributed by atoms with Crippen molar-refractivity contribution in [3.8, 4) is 5.00 Å². The van der Waals surface area contributed by atoms with Crippen molar-refractivity contribution in [2.24, 2.45) is 5.73 Å². The Bertz CT molecular complexity index is 853. The van der Waals surface area contributed by atoms with Gasteiger partial charge in [-0.2, -0.15) is 0 Å². The fraction of sp³-hybridized carbons (Fsp3) is 0.176. The fourth-order valence-corrected chi connectivity index (χ4v) is 3.73. The van der Waals surface area contributed by atoms with Crippen LogP contribution in [0.4, 0.5) is 0 Å². The summed E-state index contributed by atoms with van der Waals surface area (Å²) in [6, 6.07) is 9.04. The molecule has 0 aliphatic rings. The lowest BCUT2D eigenvalue weighted by Gasteiger charge is -2.08. The number of thiophene rings is 1. The van der Waals surface area contributed by atoms with Gasteiger partial charge in [-0.25, -0.2) is 4.98 Å². The predicted octanol–water partition coefficient (Wildman–Crippen LogP) is 3.84. The molecule has 0 bridgehead atoms. The van der Waals surface area contributed by atoms with E-state index in [1.165, 1.54) is 0 Å². The van der Waals surface area contributed by atoms with Gasteiger partial charge in [0.1, 0.15) is 10.8 Å². The molecule has 1 aromatic carbocycles. The molecule has 23 heavy (non-hydrogen) atoms. The van der Waals surface area contributed by atoms with Gasteiger partial charge in [0.05, 0.1) is 17.1 Å². The molecular weight excluding hydrogens is 330 g/mol. The van der Waals surface area contributed by atoms with Crippen LogP contribution in [0.25, 0.3) is 5.00 Å². The summed E-state index contributed by atoms with van der Waals surface area (Å²) in [7, 11) is 0. The molecular formula is C17H16ClN3OS. The first-order valence-electron chi connectivity index (χ1n) is 7.30. The molecule has 0 fully saturated rings. The van der Waals surface area contributed by atoms with Crippen LogP contribution in [0, 0.1) is 0 Å². The number of aryl methyl sites for hydroxylation is 1. The highest BCUT2D eigenvalue weighted by molar-refractivity contribution is 7.15. The van der Waals surface area contributed by atoms with E-state index in [-0.39, 0.29) is 5.78 Å². The molecule has 3 aromatic rings. The Morgan fingerprint density at radius 3 is 2.83 bits per heavy atom. The van der Waals surface area contributed by atoms with Gasteiger partial charge in [0.25, 0.3) is 0 Å². The predicted molar refractivity (Wildman–Crippen MR) is 93.6 cm³/mol. The SMILES string of the molecule is CCc1cc(C(=O)c2ccccc2Cl)c(-n2ccnc2CN)s1. The fourth-order valence-electron chi connectivity index (χ4n) is 2.41. The number of hydrogen-bond donors (Lipinski definition) is 1. The number of nitrogens with zero attached hydrogens (tertiary/aromatic N) is 2. The smallest absolute Gasteiger partial charge is 0.197 e. The second-order valence-electron chi connectivity index (χ2n) is 5.01. The molecule has 0 spiro atoms. The highest BCUT2D eigenvalue weighted by atomic mass is 35.5. The summed E-state index contributed by atoms with van der Waals surface area (Å²) in [5.74, 6) is 0.640. The first-order valence-corrected chi connectivity index (χ1v) is 8.49.